The number of Topliss-reactive ketones (excluding diaryl/α,β-unsaturated/α-hetero) is 1. The molecule has 2 spiro atoms. The summed E-state index contributed by atoms with van der Waals surface area (Å²) >= 11 is 0. The lowest BCUT2D eigenvalue weighted by molar-refractivity contribution is -0.406. The van der Waals surface area contributed by atoms with Crippen LogP contribution in [-0.4, -0.2) is 107 Å². The summed E-state index contributed by atoms with van der Waals surface area (Å²) in [6, 6.07) is 0. The Bertz CT molecular complexity index is 1570. The van der Waals surface area contributed by atoms with Crippen molar-refractivity contribution in [1.29, 1.82) is 0 Å². The minimum atomic E-state index is -3.95. The SMILES string of the molecule is CC[C@@H](C(=O)[C@@H](C)[C@@H](O)[C@H](C)[C@@H]1O[C@@H]([C@@H](CC)C(=O)O)CCC1C)[C@H]1O[C@]2(C=C[C@@H](OS(C)(=O)=O)[C@]3(CC[C@@](C)([C@H]4CC[C@](O)(CC)[C@H](C)O4)O3)O2)[C@H](C)C[C@@H]1C. The zero-order valence-corrected chi connectivity index (χ0v) is 37.0. The van der Waals surface area contributed by atoms with Crippen LogP contribution in [0, 0.1) is 41.4 Å². The molecule has 57 heavy (non-hydrogen) atoms. The molecule has 5 aliphatic heterocycles. The molecule has 4 saturated heterocycles. The second-order valence-corrected chi connectivity index (χ2v) is 20.3. The molecule has 328 valence electrons. The van der Waals surface area contributed by atoms with Gasteiger partial charge in [0.1, 0.15) is 11.9 Å². The summed E-state index contributed by atoms with van der Waals surface area (Å²) < 4.78 is 64.6. The van der Waals surface area contributed by atoms with Crippen LogP contribution in [0.25, 0.3) is 0 Å². The van der Waals surface area contributed by atoms with E-state index >= 15 is 0 Å². The predicted molar refractivity (Wildman–Crippen MR) is 212 cm³/mol. The van der Waals surface area contributed by atoms with E-state index in [4.69, 9.17) is 27.9 Å². The van der Waals surface area contributed by atoms with Gasteiger partial charge in [-0.25, -0.2) is 0 Å². The van der Waals surface area contributed by atoms with Gasteiger partial charge >= 0.3 is 5.97 Å². The van der Waals surface area contributed by atoms with Gasteiger partial charge in [0, 0.05) is 30.1 Å². The van der Waals surface area contributed by atoms with Crippen LogP contribution in [-0.2, 0) is 47.6 Å². The van der Waals surface area contributed by atoms with E-state index in [-0.39, 0.29) is 30.0 Å². The van der Waals surface area contributed by atoms with Gasteiger partial charge in [-0.15, -0.1) is 0 Å². The fraction of sp³-hybridized carbons (Fsp3) is 0.907. The number of carbonyl (C=O) groups excluding carboxylic acids is 1. The van der Waals surface area contributed by atoms with Crippen molar-refractivity contribution in [1.82, 2.24) is 0 Å². The van der Waals surface area contributed by atoms with Gasteiger partial charge in [0.15, 0.2) is 5.79 Å². The first kappa shape index (κ1) is 46.6. The van der Waals surface area contributed by atoms with Crippen molar-refractivity contribution in [3.8, 4) is 0 Å². The number of rotatable bonds is 14. The van der Waals surface area contributed by atoms with Crippen molar-refractivity contribution < 1.29 is 61.2 Å². The highest BCUT2D eigenvalue weighted by Gasteiger charge is 2.64. The van der Waals surface area contributed by atoms with Crippen LogP contribution in [0.2, 0.25) is 0 Å². The van der Waals surface area contributed by atoms with Crippen LogP contribution in [0.5, 0.6) is 0 Å². The van der Waals surface area contributed by atoms with E-state index in [0.29, 0.717) is 51.4 Å². The molecule has 14 heteroatoms. The second kappa shape index (κ2) is 17.5. The van der Waals surface area contributed by atoms with Gasteiger partial charge in [0.05, 0.1) is 60.0 Å². The molecule has 5 rings (SSSR count). The van der Waals surface area contributed by atoms with E-state index in [1.165, 1.54) is 0 Å². The zero-order chi connectivity index (χ0) is 42.5. The quantitative estimate of drug-likeness (QED) is 0.134. The molecule has 0 bridgehead atoms. The lowest BCUT2D eigenvalue weighted by Crippen LogP contribution is -2.63. The fourth-order valence-electron chi connectivity index (χ4n) is 10.8. The number of carboxylic acid groups (broad SMARTS) is 1. The minimum Gasteiger partial charge on any atom is -0.481 e. The van der Waals surface area contributed by atoms with E-state index in [1.807, 2.05) is 55.4 Å². The summed E-state index contributed by atoms with van der Waals surface area (Å²) in [6.45, 7) is 19.2. The third-order valence-electron chi connectivity index (χ3n) is 14.7. The van der Waals surface area contributed by atoms with Crippen LogP contribution in [0.15, 0.2) is 12.2 Å². The first-order chi connectivity index (χ1) is 26.5. The number of carboxylic acids is 1. The number of hydrogen-bond acceptors (Lipinski definition) is 12. The summed E-state index contributed by atoms with van der Waals surface area (Å²) in [4.78, 5) is 26.5. The zero-order valence-electron chi connectivity index (χ0n) is 36.1. The van der Waals surface area contributed by atoms with Crippen molar-refractivity contribution in [3.63, 3.8) is 0 Å². The van der Waals surface area contributed by atoms with Crippen molar-refractivity contribution >= 4 is 21.9 Å². The average molecular weight is 829 g/mol. The maximum Gasteiger partial charge on any atom is 0.309 e. The van der Waals surface area contributed by atoms with E-state index < -0.39 is 105 Å². The Kier molecular flexibility index (Phi) is 14.3. The van der Waals surface area contributed by atoms with Gasteiger partial charge in [-0.05, 0) is 95.6 Å². The summed E-state index contributed by atoms with van der Waals surface area (Å²) in [5, 5.41) is 32.7. The number of aliphatic carboxylic acids is 1. The predicted octanol–water partition coefficient (Wildman–Crippen LogP) is 6.17. The number of hydrogen-bond donors (Lipinski definition) is 3. The largest absolute Gasteiger partial charge is 0.481 e. The van der Waals surface area contributed by atoms with Crippen molar-refractivity contribution in [2.75, 3.05) is 6.26 Å². The smallest absolute Gasteiger partial charge is 0.309 e. The Labute approximate surface area is 341 Å². The maximum absolute atomic E-state index is 14.5. The number of aliphatic hydroxyl groups excluding tert-OH is 1. The molecule has 0 radical (unpaired) electrons. The van der Waals surface area contributed by atoms with Gasteiger partial charge in [-0.3, -0.25) is 13.8 Å². The van der Waals surface area contributed by atoms with Gasteiger partial charge in [0.2, 0.25) is 5.79 Å². The van der Waals surface area contributed by atoms with Crippen LogP contribution < -0.4 is 0 Å². The molecule has 18 atom stereocenters. The average Bonchev–Trinajstić information content (AvgIpc) is 3.49. The molecule has 3 N–H and O–H groups in total. The van der Waals surface area contributed by atoms with Gasteiger partial charge in [-0.1, -0.05) is 55.4 Å². The number of aliphatic hydroxyl groups is 2. The van der Waals surface area contributed by atoms with Crippen LogP contribution in [0.3, 0.4) is 0 Å². The molecule has 1 unspecified atom stereocenters. The van der Waals surface area contributed by atoms with Crippen molar-refractivity contribution in [2.45, 2.75) is 199 Å². The lowest BCUT2D eigenvalue weighted by Gasteiger charge is -2.54. The topological polar surface area (TPSA) is 184 Å². The third kappa shape index (κ3) is 9.24. The lowest BCUT2D eigenvalue weighted by atomic mass is 9.72. The molecule has 13 nitrogen and oxygen atoms in total. The van der Waals surface area contributed by atoms with E-state index in [9.17, 15) is 33.3 Å². The van der Waals surface area contributed by atoms with E-state index in [0.717, 1.165) is 12.7 Å². The highest BCUT2D eigenvalue weighted by molar-refractivity contribution is 7.86. The molecular weight excluding hydrogens is 757 g/mol. The second-order valence-electron chi connectivity index (χ2n) is 18.7. The Morgan fingerprint density at radius 2 is 1.58 bits per heavy atom. The monoisotopic (exact) mass is 828 g/mol. The molecule has 0 aliphatic carbocycles. The molecule has 0 aromatic carbocycles. The Morgan fingerprint density at radius 3 is 2.16 bits per heavy atom. The summed E-state index contributed by atoms with van der Waals surface area (Å²) in [5.41, 5.74) is -1.84. The van der Waals surface area contributed by atoms with E-state index in [1.54, 1.807) is 19.1 Å². The first-order valence-corrected chi connectivity index (χ1v) is 23.4. The highest BCUT2D eigenvalue weighted by atomic mass is 32.2. The molecule has 0 saturated carbocycles. The van der Waals surface area contributed by atoms with Crippen molar-refractivity contribution in [3.05, 3.63) is 12.2 Å². The minimum absolute atomic E-state index is 0.0621. The maximum atomic E-state index is 14.5. The Morgan fingerprint density at radius 1 is 0.912 bits per heavy atom. The number of carbonyl (C=O) groups is 2. The molecule has 5 heterocycles. The number of ether oxygens (including phenoxy) is 5. The standard InChI is InChI=1S/C43H72O13S/c1-12-30(39(46)47)32-16-15-24(4)37(52-32)28(8)35(44)27(7)36(45)31(13-2)38-25(5)23-26(6)42(53-38)20-18-34(54-57(11,49)50)43(56-42)22-21-40(10,55-43)33-17-19-41(48,14-3)29(9)51-33/h18,20,24-35,37-38,44,48H,12-17,19,21-23H2,1-11H3,(H,46,47)/t24?,25-,26+,27-,28-,29-,30+,31-,32+,33+,34+,35+,37+,38-,40-,41+,42-,43-/m0/s1. The third-order valence-corrected chi connectivity index (χ3v) is 15.3. The van der Waals surface area contributed by atoms with Crippen LogP contribution in [0.1, 0.15) is 133 Å². The normalized spacial score (nSPS) is 44.1. The first-order valence-electron chi connectivity index (χ1n) is 21.6. The summed E-state index contributed by atoms with van der Waals surface area (Å²) in [5.74, 6) is -6.60. The van der Waals surface area contributed by atoms with Gasteiger partial charge in [-0.2, -0.15) is 8.42 Å². The summed E-state index contributed by atoms with van der Waals surface area (Å²) in [7, 11) is -3.95. The van der Waals surface area contributed by atoms with Crippen molar-refractivity contribution in [2.24, 2.45) is 41.4 Å². The van der Waals surface area contributed by atoms with Crippen LogP contribution >= 0.6 is 0 Å². The molecule has 4 fully saturated rings. The Balaban J connectivity index is 1.38. The van der Waals surface area contributed by atoms with Crippen LogP contribution in [0.4, 0.5) is 0 Å². The fourth-order valence-corrected chi connectivity index (χ4v) is 11.4. The molecule has 0 aromatic rings. The van der Waals surface area contributed by atoms with Gasteiger partial charge < -0.3 is 39.0 Å². The molecule has 0 amide bonds. The van der Waals surface area contributed by atoms with E-state index in [2.05, 4.69) is 6.92 Å². The molecule has 0 aromatic heterocycles. The number of ketones is 1. The highest BCUT2D eigenvalue weighted by Crippen LogP contribution is 2.55. The summed E-state index contributed by atoms with van der Waals surface area (Å²) in [6.07, 6.45) is 5.23. The van der Waals surface area contributed by atoms with Gasteiger partial charge in [0.25, 0.3) is 10.1 Å². The molecule has 5 aliphatic rings. The molecular formula is C43H72O13S. The Hall–Kier alpha value is -1.49.